The third-order valence-electron chi connectivity index (χ3n) is 3.50. The highest BCUT2D eigenvalue weighted by molar-refractivity contribution is 5.85. The molecular formula is C12H30ClNO3. The second-order valence-electron chi connectivity index (χ2n) is 5.00. The molecule has 0 aliphatic heterocycles. The first-order valence-electron chi connectivity index (χ1n) is 5.80. The Kier molecular flexibility index (Phi) is 14.8. The molecule has 0 saturated heterocycles. The molecule has 0 aromatic rings. The van der Waals surface area contributed by atoms with Crippen molar-refractivity contribution in [1.82, 2.24) is 6.15 Å². The standard InChI is InChI=1S/C11H22O2.CH4O.ClH.H3N/c1-11(2)6-4-3-5-9(11)7-10(13)8-12;1-2;;/h9-10,12-13H,3-8H2,1-2H3;2H,1H3;1H;1H3. The minimum Gasteiger partial charge on any atom is -0.400 e. The fourth-order valence-corrected chi connectivity index (χ4v) is 2.41. The summed E-state index contributed by atoms with van der Waals surface area (Å²) in [5, 5.41) is 25.2. The van der Waals surface area contributed by atoms with Gasteiger partial charge in [0.25, 0.3) is 0 Å². The van der Waals surface area contributed by atoms with Crippen LogP contribution in [-0.2, 0) is 0 Å². The van der Waals surface area contributed by atoms with E-state index in [1.807, 2.05) is 0 Å². The molecule has 1 aliphatic rings. The maximum absolute atomic E-state index is 9.39. The van der Waals surface area contributed by atoms with Crippen LogP contribution in [-0.4, -0.2) is 35.1 Å². The molecule has 2 atom stereocenters. The predicted molar refractivity (Wildman–Crippen MR) is 73.9 cm³/mol. The Bertz CT molecular complexity index is 168. The lowest BCUT2D eigenvalue weighted by atomic mass is 9.67. The first kappa shape index (κ1) is 22.3. The van der Waals surface area contributed by atoms with Crippen LogP contribution in [0.1, 0.15) is 46.0 Å². The first-order valence-corrected chi connectivity index (χ1v) is 5.80. The number of rotatable bonds is 3. The average molecular weight is 272 g/mol. The molecule has 1 rings (SSSR count). The van der Waals surface area contributed by atoms with E-state index >= 15 is 0 Å². The summed E-state index contributed by atoms with van der Waals surface area (Å²) in [6, 6.07) is 0. The van der Waals surface area contributed by atoms with Crippen LogP contribution in [0.3, 0.4) is 0 Å². The molecule has 0 bridgehead atoms. The fourth-order valence-electron chi connectivity index (χ4n) is 2.41. The zero-order valence-electron chi connectivity index (χ0n) is 11.4. The molecule has 1 fully saturated rings. The van der Waals surface area contributed by atoms with Crippen LogP contribution in [0, 0.1) is 11.3 Å². The third-order valence-corrected chi connectivity index (χ3v) is 3.50. The highest BCUT2D eigenvalue weighted by atomic mass is 35.5. The molecule has 1 saturated carbocycles. The first-order chi connectivity index (χ1) is 7.06. The third kappa shape index (κ3) is 7.95. The van der Waals surface area contributed by atoms with E-state index in [4.69, 9.17) is 10.2 Å². The molecule has 0 spiro atoms. The smallest absolute Gasteiger partial charge is 0.0773 e. The number of aliphatic hydroxyl groups excluding tert-OH is 3. The van der Waals surface area contributed by atoms with Gasteiger partial charge >= 0.3 is 0 Å². The zero-order valence-corrected chi connectivity index (χ0v) is 12.2. The van der Waals surface area contributed by atoms with Crippen molar-refractivity contribution in [2.45, 2.75) is 52.1 Å². The van der Waals surface area contributed by atoms with Gasteiger partial charge in [0.2, 0.25) is 0 Å². The SMILES string of the molecule is CC1(C)CCCCC1CC(O)CO.CO.Cl.N. The van der Waals surface area contributed by atoms with Crippen molar-refractivity contribution >= 4 is 12.4 Å². The zero-order chi connectivity index (χ0) is 11.9. The Hall–Kier alpha value is 0.130. The molecule has 5 heteroatoms. The van der Waals surface area contributed by atoms with E-state index in [0.29, 0.717) is 11.3 Å². The second kappa shape index (κ2) is 11.2. The Morgan fingerprint density at radius 3 is 2.18 bits per heavy atom. The fraction of sp³-hybridized carbons (Fsp3) is 1.00. The molecule has 0 radical (unpaired) electrons. The van der Waals surface area contributed by atoms with Crippen LogP contribution in [0.4, 0.5) is 0 Å². The molecule has 0 aromatic heterocycles. The van der Waals surface area contributed by atoms with Crippen LogP contribution < -0.4 is 6.15 Å². The number of aliphatic hydroxyl groups is 3. The van der Waals surface area contributed by atoms with E-state index in [1.54, 1.807) is 0 Å². The highest BCUT2D eigenvalue weighted by Gasteiger charge is 2.32. The molecular weight excluding hydrogens is 242 g/mol. The van der Waals surface area contributed by atoms with E-state index in [-0.39, 0.29) is 25.2 Å². The lowest BCUT2D eigenvalue weighted by Crippen LogP contribution is -2.31. The van der Waals surface area contributed by atoms with E-state index in [9.17, 15) is 5.11 Å². The minimum absolute atomic E-state index is 0. The lowest BCUT2D eigenvalue weighted by Gasteiger charge is -2.39. The van der Waals surface area contributed by atoms with Gasteiger partial charge < -0.3 is 21.5 Å². The van der Waals surface area contributed by atoms with Gasteiger partial charge in [0, 0.05) is 7.11 Å². The van der Waals surface area contributed by atoms with Crippen molar-refractivity contribution in [1.29, 1.82) is 0 Å². The maximum atomic E-state index is 9.39. The van der Waals surface area contributed by atoms with Crippen molar-refractivity contribution < 1.29 is 15.3 Å². The number of halogens is 1. The molecule has 1 aliphatic carbocycles. The maximum Gasteiger partial charge on any atom is 0.0773 e. The number of hydrogen-bond donors (Lipinski definition) is 4. The molecule has 0 amide bonds. The molecule has 108 valence electrons. The Balaban J connectivity index is -0.000000464. The quantitative estimate of drug-likeness (QED) is 0.632. The Morgan fingerprint density at radius 1 is 1.24 bits per heavy atom. The van der Waals surface area contributed by atoms with Crippen molar-refractivity contribution in [3.8, 4) is 0 Å². The van der Waals surface area contributed by atoms with Gasteiger partial charge in [0.15, 0.2) is 0 Å². The summed E-state index contributed by atoms with van der Waals surface area (Å²) in [4.78, 5) is 0. The van der Waals surface area contributed by atoms with Crippen molar-refractivity contribution in [2.75, 3.05) is 13.7 Å². The highest BCUT2D eigenvalue weighted by Crippen LogP contribution is 2.42. The van der Waals surface area contributed by atoms with Gasteiger partial charge in [-0.2, -0.15) is 0 Å². The van der Waals surface area contributed by atoms with E-state index in [1.165, 1.54) is 25.7 Å². The summed E-state index contributed by atoms with van der Waals surface area (Å²) < 4.78 is 0. The molecule has 6 N–H and O–H groups in total. The number of hydrogen-bond acceptors (Lipinski definition) is 4. The van der Waals surface area contributed by atoms with Gasteiger partial charge in [-0.15, -0.1) is 12.4 Å². The van der Waals surface area contributed by atoms with Gasteiger partial charge in [-0.1, -0.05) is 26.7 Å². The summed E-state index contributed by atoms with van der Waals surface area (Å²) in [6.45, 7) is 4.47. The van der Waals surface area contributed by atoms with E-state index in [2.05, 4.69) is 13.8 Å². The van der Waals surface area contributed by atoms with Crippen LogP contribution >= 0.6 is 12.4 Å². The van der Waals surface area contributed by atoms with Crippen molar-refractivity contribution in [2.24, 2.45) is 11.3 Å². The van der Waals surface area contributed by atoms with Crippen LogP contribution in [0.5, 0.6) is 0 Å². The normalized spacial score (nSPS) is 23.3. The molecule has 0 heterocycles. The average Bonchev–Trinajstić information content (AvgIpc) is 2.24. The van der Waals surface area contributed by atoms with E-state index in [0.717, 1.165) is 13.5 Å². The molecule has 0 aromatic carbocycles. The monoisotopic (exact) mass is 271 g/mol. The molecule has 17 heavy (non-hydrogen) atoms. The summed E-state index contributed by atoms with van der Waals surface area (Å²) in [6.07, 6.45) is 5.33. The largest absolute Gasteiger partial charge is 0.400 e. The molecule has 2 unspecified atom stereocenters. The summed E-state index contributed by atoms with van der Waals surface area (Å²) in [5.74, 6) is 0.586. The second-order valence-corrected chi connectivity index (χ2v) is 5.00. The topological polar surface area (TPSA) is 95.7 Å². The minimum atomic E-state index is -0.512. The van der Waals surface area contributed by atoms with Crippen LogP contribution in [0.2, 0.25) is 0 Å². The lowest BCUT2D eigenvalue weighted by molar-refractivity contribution is 0.0325. The summed E-state index contributed by atoms with van der Waals surface area (Å²) >= 11 is 0. The van der Waals surface area contributed by atoms with Gasteiger partial charge in [-0.05, 0) is 30.6 Å². The summed E-state index contributed by atoms with van der Waals surface area (Å²) in [5.41, 5.74) is 0.356. The van der Waals surface area contributed by atoms with Crippen LogP contribution in [0.15, 0.2) is 0 Å². The van der Waals surface area contributed by atoms with Crippen molar-refractivity contribution in [3.63, 3.8) is 0 Å². The van der Waals surface area contributed by atoms with Crippen molar-refractivity contribution in [3.05, 3.63) is 0 Å². The van der Waals surface area contributed by atoms with Gasteiger partial charge in [0.1, 0.15) is 0 Å². The summed E-state index contributed by atoms with van der Waals surface area (Å²) in [7, 11) is 1.00. The van der Waals surface area contributed by atoms with Gasteiger partial charge in [0.05, 0.1) is 12.7 Å². The van der Waals surface area contributed by atoms with Crippen LogP contribution in [0.25, 0.3) is 0 Å². The van der Waals surface area contributed by atoms with Gasteiger partial charge in [-0.25, -0.2) is 0 Å². The Morgan fingerprint density at radius 2 is 1.76 bits per heavy atom. The predicted octanol–water partition coefficient (Wildman–Crippen LogP) is 2.14. The van der Waals surface area contributed by atoms with Gasteiger partial charge in [-0.3, -0.25) is 0 Å². The molecule has 4 nitrogen and oxygen atoms in total. The Labute approximate surface area is 111 Å². The van der Waals surface area contributed by atoms with E-state index < -0.39 is 6.10 Å².